The summed E-state index contributed by atoms with van der Waals surface area (Å²) in [5, 5.41) is 14.3. The van der Waals surface area contributed by atoms with Gasteiger partial charge in [0.15, 0.2) is 0 Å². The van der Waals surface area contributed by atoms with Crippen LogP contribution in [0.25, 0.3) is 0 Å². The van der Waals surface area contributed by atoms with Crippen LogP contribution >= 0.6 is 0 Å². The van der Waals surface area contributed by atoms with Crippen LogP contribution in [0.4, 0.5) is 29.0 Å². The zero-order chi connectivity index (χ0) is 17.1. The molecule has 0 aliphatic carbocycles. The second-order valence-corrected chi connectivity index (χ2v) is 6.02. The van der Waals surface area contributed by atoms with E-state index >= 15 is 0 Å². The van der Waals surface area contributed by atoms with Gasteiger partial charge < -0.3 is 16.0 Å². The second-order valence-electron chi connectivity index (χ2n) is 6.02. The Hall–Kier alpha value is -2.90. The Morgan fingerprint density at radius 3 is 2.54 bits per heavy atom. The van der Waals surface area contributed by atoms with Crippen molar-refractivity contribution in [3.8, 4) is 0 Å². The molecule has 8 nitrogen and oxygen atoms in total. The minimum atomic E-state index is -0.553. The molecule has 0 amide bonds. The Labute approximate surface area is 139 Å². The first-order chi connectivity index (χ1) is 11.5. The zero-order valence-electron chi connectivity index (χ0n) is 13.5. The lowest BCUT2D eigenvalue weighted by molar-refractivity contribution is -0.383. The fourth-order valence-electron chi connectivity index (χ4n) is 2.74. The van der Waals surface area contributed by atoms with Crippen molar-refractivity contribution in [2.45, 2.75) is 19.8 Å². The normalized spacial score (nSPS) is 15.3. The number of hydrogen-bond acceptors (Lipinski definition) is 7. The first kappa shape index (κ1) is 16.0. The Morgan fingerprint density at radius 2 is 1.92 bits per heavy atom. The highest BCUT2D eigenvalue weighted by atomic mass is 16.6. The van der Waals surface area contributed by atoms with Gasteiger partial charge in [-0.25, -0.2) is 0 Å². The molecule has 8 heteroatoms. The van der Waals surface area contributed by atoms with Crippen molar-refractivity contribution >= 4 is 29.0 Å². The van der Waals surface area contributed by atoms with Crippen LogP contribution in [0.15, 0.2) is 30.3 Å². The highest BCUT2D eigenvalue weighted by Crippen LogP contribution is 2.33. The lowest BCUT2D eigenvalue weighted by Gasteiger charge is -2.30. The van der Waals surface area contributed by atoms with Gasteiger partial charge >= 0.3 is 5.69 Å². The van der Waals surface area contributed by atoms with Gasteiger partial charge in [-0.1, -0.05) is 25.1 Å². The van der Waals surface area contributed by atoms with Crippen molar-refractivity contribution < 1.29 is 4.92 Å². The van der Waals surface area contributed by atoms with Gasteiger partial charge in [-0.3, -0.25) is 10.1 Å². The van der Waals surface area contributed by atoms with E-state index in [1.165, 1.54) is 0 Å². The van der Waals surface area contributed by atoms with E-state index in [9.17, 15) is 10.1 Å². The van der Waals surface area contributed by atoms with Gasteiger partial charge in [0.25, 0.3) is 0 Å². The molecule has 3 rings (SSSR count). The fraction of sp³-hybridized carbons (Fsp3) is 0.375. The number of hydrogen-bond donors (Lipinski definition) is 2. The van der Waals surface area contributed by atoms with E-state index in [-0.39, 0.29) is 17.3 Å². The summed E-state index contributed by atoms with van der Waals surface area (Å²) < 4.78 is 0. The molecule has 1 saturated heterocycles. The summed E-state index contributed by atoms with van der Waals surface area (Å²) in [6, 6.07) is 9.17. The summed E-state index contributed by atoms with van der Waals surface area (Å²) >= 11 is 0. The lowest BCUT2D eigenvalue weighted by atomic mass is 10.00. The molecule has 2 aromatic rings. The summed E-state index contributed by atoms with van der Waals surface area (Å²) in [5.74, 6) is 1.09. The average molecular weight is 328 g/mol. The molecule has 1 aliphatic heterocycles. The Balaban J connectivity index is 1.96. The molecule has 126 valence electrons. The summed E-state index contributed by atoms with van der Waals surface area (Å²) in [6.07, 6.45) is 2.09. The number of benzene rings is 1. The maximum atomic E-state index is 11.4. The maximum Gasteiger partial charge on any atom is 0.353 e. The minimum Gasteiger partial charge on any atom is -0.378 e. The molecule has 24 heavy (non-hydrogen) atoms. The number of nitrogens with one attached hydrogen (secondary N) is 1. The summed E-state index contributed by atoms with van der Waals surface area (Å²) in [4.78, 5) is 21.4. The standard InChI is InChI=1S/C16H20N6O2/c1-11-7-9-21(10-8-11)16-19-14(17)13(22(23)24)15(20-16)18-12-5-3-2-4-6-12/h2-6,11H,7-10H2,1H3,(H3,17,18,19,20). The van der Waals surface area contributed by atoms with Gasteiger partial charge in [-0.15, -0.1) is 0 Å². The third-order valence-electron chi connectivity index (χ3n) is 4.18. The molecule has 0 atom stereocenters. The topological polar surface area (TPSA) is 110 Å². The number of nitrogens with zero attached hydrogens (tertiary/aromatic N) is 4. The van der Waals surface area contributed by atoms with E-state index in [1.807, 2.05) is 35.2 Å². The monoisotopic (exact) mass is 328 g/mol. The van der Waals surface area contributed by atoms with E-state index in [1.54, 1.807) is 0 Å². The molecule has 2 heterocycles. The van der Waals surface area contributed by atoms with Crippen molar-refractivity contribution in [1.82, 2.24) is 9.97 Å². The molecule has 0 unspecified atom stereocenters. The van der Waals surface area contributed by atoms with Crippen LogP contribution in [-0.2, 0) is 0 Å². The highest BCUT2D eigenvalue weighted by molar-refractivity contribution is 5.74. The molecule has 1 aliphatic rings. The highest BCUT2D eigenvalue weighted by Gasteiger charge is 2.26. The van der Waals surface area contributed by atoms with Crippen LogP contribution in [0.3, 0.4) is 0 Å². The molecular formula is C16H20N6O2. The van der Waals surface area contributed by atoms with Crippen molar-refractivity contribution in [2.24, 2.45) is 5.92 Å². The smallest absolute Gasteiger partial charge is 0.353 e. The predicted molar refractivity (Wildman–Crippen MR) is 93.4 cm³/mol. The van der Waals surface area contributed by atoms with Gasteiger partial charge in [0.05, 0.1) is 4.92 Å². The van der Waals surface area contributed by atoms with Crippen LogP contribution in [0.2, 0.25) is 0 Å². The number of nitrogens with two attached hydrogens (primary N) is 1. The quantitative estimate of drug-likeness (QED) is 0.655. The van der Waals surface area contributed by atoms with E-state index in [2.05, 4.69) is 22.2 Å². The molecule has 1 aromatic heterocycles. The SMILES string of the molecule is CC1CCN(c2nc(N)c([N+](=O)[O-])c(Nc3ccccc3)n2)CC1. The predicted octanol–water partition coefficient (Wildman–Crippen LogP) is 2.95. The number of nitrogen functional groups attached to an aromatic ring is 1. The molecule has 1 fully saturated rings. The summed E-state index contributed by atoms with van der Waals surface area (Å²) in [5.41, 5.74) is 6.26. The second kappa shape index (κ2) is 6.69. The Kier molecular flexibility index (Phi) is 4.45. The average Bonchev–Trinajstić information content (AvgIpc) is 2.55. The molecule has 0 saturated carbocycles. The van der Waals surface area contributed by atoms with Gasteiger partial charge in [0.2, 0.25) is 17.6 Å². The fourth-order valence-corrected chi connectivity index (χ4v) is 2.74. The first-order valence-electron chi connectivity index (χ1n) is 7.93. The zero-order valence-corrected chi connectivity index (χ0v) is 13.5. The minimum absolute atomic E-state index is 0.118. The number of aromatic nitrogens is 2. The number of piperidine rings is 1. The third-order valence-corrected chi connectivity index (χ3v) is 4.18. The molecular weight excluding hydrogens is 308 g/mol. The van der Waals surface area contributed by atoms with Gasteiger partial charge in [-0.05, 0) is 30.9 Å². The number of anilines is 4. The number of rotatable bonds is 4. The van der Waals surface area contributed by atoms with Gasteiger partial charge in [0.1, 0.15) is 0 Å². The van der Waals surface area contributed by atoms with E-state index < -0.39 is 4.92 Å². The Morgan fingerprint density at radius 1 is 1.25 bits per heavy atom. The molecule has 3 N–H and O–H groups in total. The van der Waals surface area contributed by atoms with Crippen molar-refractivity contribution in [1.29, 1.82) is 0 Å². The van der Waals surface area contributed by atoms with Crippen molar-refractivity contribution in [3.63, 3.8) is 0 Å². The lowest BCUT2D eigenvalue weighted by Crippen LogP contribution is -2.34. The summed E-state index contributed by atoms with van der Waals surface area (Å²) in [6.45, 7) is 3.86. The van der Waals surface area contributed by atoms with Crippen LogP contribution < -0.4 is 16.0 Å². The van der Waals surface area contributed by atoms with Crippen molar-refractivity contribution in [3.05, 3.63) is 40.4 Å². The van der Waals surface area contributed by atoms with Crippen LogP contribution in [-0.4, -0.2) is 28.0 Å². The molecule has 0 spiro atoms. The van der Waals surface area contributed by atoms with E-state index in [4.69, 9.17) is 5.73 Å². The van der Waals surface area contributed by atoms with Crippen LogP contribution in [0.1, 0.15) is 19.8 Å². The van der Waals surface area contributed by atoms with Gasteiger partial charge in [-0.2, -0.15) is 9.97 Å². The largest absolute Gasteiger partial charge is 0.378 e. The molecule has 0 radical (unpaired) electrons. The molecule has 0 bridgehead atoms. The van der Waals surface area contributed by atoms with Crippen molar-refractivity contribution in [2.75, 3.05) is 29.0 Å². The van der Waals surface area contributed by atoms with E-state index in [0.29, 0.717) is 17.6 Å². The van der Waals surface area contributed by atoms with Crippen LogP contribution in [0.5, 0.6) is 0 Å². The summed E-state index contributed by atoms with van der Waals surface area (Å²) in [7, 11) is 0. The number of nitro groups is 1. The third kappa shape index (κ3) is 3.37. The van der Waals surface area contributed by atoms with Gasteiger partial charge in [0, 0.05) is 18.8 Å². The van der Waals surface area contributed by atoms with E-state index in [0.717, 1.165) is 25.9 Å². The molecule has 1 aromatic carbocycles. The first-order valence-corrected chi connectivity index (χ1v) is 7.93. The van der Waals surface area contributed by atoms with Crippen LogP contribution in [0, 0.1) is 16.0 Å². The maximum absolute atomic E-state index is 11.4. The number of para-hydroxylation sites is 1. The Bertz CT molecular complexity index is 729.